The molecule has 0 bridgehead atoms. The third-order valence-electron chi connectivity index (χ3n) is 9.76. The van der Waals surface area contributed by atoms with Gasteiger partial charge in [0.2, 0.25) is 0 Å². The Morgan fingerprint density at radius 1 is 1.21 bits per heavy atom. The molecule has 1 heterocycles. The van der Waals surface area contributed by atoms with Crippen LogP contribution in [0.15, 0.2) is 23.4 Å². The molecule has 0 aromatic rings. The lowest BCUT2D eigenvalue weighted by Gasteiger charge is -2.53. The van der Waals surface area contributed by atoms with Crippen molar-refractivity contribution in [3.63, 3.8) is 0 Å². The van der Waals surface area contributed by atoms with Gasteiger partial charge in [-0.3, -0.25) is 4.79 Å². The first-order valence-electron chi connectivity index (χ1n) is 12.2. The van der Waals surface area contributed by atoms with Crippen molar-refractivity contribution in [2.75, 3.05) is 13.1 Å². The van der Waals surface area contributed by atoms with Crippen LogP contribution in [0.25, 0.3) is 0 Å². The van der Waals surface area contributed by atoms with Crippen molar-refractivity contribution < 1.29 is 4.79 Å². The number of Topliss-reactive ketones (excluding diaryl/α,β-unsaturated/α-hetero) is 1. The molecular weight excluding hydrogens is 342 g/mol. The zero-order valence-electron chi connectivity index (χ0n) is 18.3. The lowest BCUT2D eigenvalue weighted by atomic mass is 9.52. The summed E-state index contributed by atoms with van der Waals surface area (Å²) in [4.78, 5) is 15.3. The van der Waals surface area contributed by atoms with Crippen molar-refractivity contribution in [1.29, 1.82) is 0 Å². The van der Waals surface area contributed by atoms with Crippen LogP contribution in [-0.4, -0.2) is 23.8 Å². The number of ketones is 1. The summed E-state index contributed by atoms with van der Waals surface area (Å²) in [5.74, 6) is 4.69. The van der Waals surface area contributed by atoms with E-state index in [4.69, 9.17) is 0 Å². The van der Waals surface area contributed by atoms with E-state index < -0.39 is 0 Å². The number of carbonyl (C=O) groups is 1. The summed E-state index contributed by atoms with van der Waals surface area (Å²) < 4.78 is 0. The van der Waals surface area contributed by atoms with E-state index in [1.54, 1.807) is 11.3 Å². The number of allylic oxidation sites excluding steroid dienone is 4. The Morgan fingerprint density at radius 3 is 2.71 bits per heavy atom. The molecule has 4 aliphatic carbocycles. The van der Waals surface area contributed by atoms with Crippen LogP contribution < -0.4 is 0 Å². The zero-order valence-corrected chi connectivity index (χ0v) is 18.3. The third kappa shape index (κ3) is 2.76. The molecule has 154 valence electrons. The van der Waals surface area contributed by atoms with Gasteiger partial charge in [0.1, 0.15) is 5.78 Å². The van der Waals surface area contributed by atoms with E-state index in [0.29, 0.717) is 17.6 Å². The molecule has 1 aliphatic heterocycles. The molecular formula is C26H39NO. The number of fused-ring (bicyclic) bond motifs is 5. The third-order valence-corrected chi connectivity index (χ3v) is 9.76. The van der Waals surface area contributed by atoms with Crippen LogP contribution in [0, 0.1) is 40.9 Å². The van der Waals surface area contributed by atoms with Crippen LogP contribution in [0.3, 0.4) is 0 Å². The predicted octanol–water partition coefficient (Wildman–Crippen LogP) is 5.99. The van der Waals surface area contributed by atoms with Crippen molar-refractivity contribution in [2.45, 2.75) is 78.6 Å². The lowest BCUT2D eigenvalue weighted by molar-refractivity contribution is -0.128. The highest BCUT2D eigenvalue weighted by Gasteiger charge is 2.59. The van der Waals surface area contributed by atoms with Gasteiger partial charge in [-0.15, -0.1) is 0 Å². The average Bonchev–Trinajstić information content (AvgIpc) is 3.32. The summed E-state index contributed by atoms with van der Waals surface area (Å²) >= 11 is 0. The Bertz CT molecular complexity index is 699. The maximum atomic E-state index is 12.6. The summed E-state index contributed by atoms with van der Waals surface area (Å²) in [5.41, 5.74) is 3.57. The van der Waals surface area contributed by atoms with E-state index >= 15 is 0 Å². The Hall–Kier alpha value is -1.05. The molecule has 3 fully saturated rings. The van der Waals surface area contributed by atoms with Crippen molar-refractivity contribution in [3.05, 3.63) is 23.4 Å². The largest absolute Gasteiger partial charge is 0.375 e. The normalized spacial score (nSPS) is 45.0. The monoisotopic (exact) mass is 381 g/mol. The SMILES string of the molecule is CC[C@@H]1C[C@H]2[C@@H]3CC=C4C=C(N5CCCC5)CC[C@@H]4[C@H]3CC[C@]2(C)[C@H]1C(C)=O. The summed E-state index contributed by atoms with van der Waals surface area (Å²) in [6.45, 7) is 9.23. The minimum absolute atomic E-state index is 0.268. The topological polar surface area (TPSA) is 20.3 Å². The van der Waals surface area contributed by atoms with Gasteiger partial charge in [-0.25, -0.2) is 0 Å². The highest BCUT2D eigenvalue weighted by molar-refractivity contribution is 5.80. The molecule has 2 heteroatoms. The first-order valence-corrected chi connectivity index (χ1v) is 12.2. The second kappa shape index (κ2) is 7.03. The summed E-state index contributed by atoms with van der Waals surface area (Å²) in [6.07, 6.45) is 17.0. The number of carbonyl (C=O) groups excluding carboxylic acids is 1. The average molecular weight is 382 g/mol. The van der Waals surface area contributed by atoms with Gasteiger partial charge < -0.3 is 4.90 Å². The molecule has 0 amide bonds. The van der Waals surface area contributed by atoms with Gasteiger partial charge in [-0.05, 0) is 105 Å². The molecule has 28 heavy (non-hydrogen) atoms. The molecule has 0 aromatic carbocycles. The Morgan fingerprint density at radius 2 is 2.00 bits per heavy atom. The van der Waals surface area contributed by atoms with Gasteiger partial charge in [0, 0.05) is 24.7 Å². The van der Waals surface area contributed by atoms with Gasteiger partial charge in [0.15, 0.2) is 0 Å². The minimum Gasteiger partial charge on any atom is -0.375 e. The second-order valence-electron chi connectivity index (χ2n) is 10.9. The molecule has 1 saturated heterocycles. The Labute approximate surface area is 171 Å². The van der Waals surface area contributed by atoms with Gasteiger partial charge in [0.25, 0.3) is 0 Å². The molecule has 0 aromatic heterocycles. The van der Waals surface area contributed by atoms with Crippen molar-refractivity contribution in [3.8, 4) is 0 Å². The summed E-state index contributed by atoms with van der Waals surface area (Å²) in [5, 5.41) is 0. The number of nitrogens with zero attached hydrogens (tertiary/aromatic N) is 1. The van der Waals surface area contributed by atoms with Gasteiger partial charge in [-0.2, -0.15) is 0 Å². The predicted molar refractivity (Wildman–Crippen MR) is 115 cm³/mol. The van der Waals surface area contributed by atoms with Gasteiger partial charge in [-0.1, -0.05) is 26.3 Å². The highest BCUT2D eigenvalue weighted by Crippen LogP contribution is 2.65. The molecule has 2 saturated carbocycles. The molecule has 0 unspecified atom stereocenters. The smallest absolute Gasteiger partial charge is 0.133 e. The maximum absolute atomic E-state index is 12.6. The molecule has 0 radical (unpaired) electrons. The van der Waals surface area contributed by atoms with Crippen molar-refractivity contribution in [2.24, 2.45) is 40.9 Å². The standard InChI is InChI=1S/C26H39NO/c1-4-18-16-24-23-9-7-19-15-20(27-13-5-6-14-27)8-10-21(19)22(23)11-12-26(24,3)25(18)17(2)28/h7,15,18,21-25H,4-6,8-14,16H2,1-3H3/t18-,21+,22-,23-,24+,25+,26+/m1/s1. The van der Waals surface area contributed by atoms with Crippen molar-refractivity contribution >= 4 is 5.78 Å². The fraction of sp³-hybridized carbons (Fsp3) is 0.808. The molecule has 2 nitrogen and oxygen atoms in total. The van der Waals surface area contributed by atoms with Crippen LogP contribution in [0.2, 0.25) is 0 Å². The molecule has 5 rings (SSSR count). The first-order chi connectivity index (χ1) is 13.5. The molecule has 7 atom stereocenters. The number of hydrogen-bond acceptors (Lipinski definition) is 2. The van der Waals surface area contributed by atoms with Crippen molar-refractivity contribution in [1.82, 2.24) is 4.90 Å². The second-order valence-corrected chi connectivity index (χ2v) is 10.9. The van der Waals surface area contributed by atoms with E-state index in [1.165, 1.54) is 70.9 Å². The van der Waals surface area contributed by atoms with Gasteiger partial charge in [0.05, 0.1) is 0 Å². The maximum Gasteiger partial charge on any atom is 0.133 e. The highest BCUT2D eigenvalue weighted by atomic mass is 16.1. The van der Waals surface area contributed by atoms with Crippen LogP contribution in [0.4, 0.5) is 0 Å². The number of hydrogen-bond donors (Lipinski definition) is 0. The van der Waals surface area contributed by atoms with E-state index in [2.05, 4.69) is 30.9 Å². The van der Waals surface area contributed by atoms with E-state index in [1.807, 2.05) is 6.92 Å². The molecule has 5 aliphatic rings. The molecule has 0 N–H and O–H groups in total. The Balaban J connectivity index is 1.41. The lowest BCUT2D eigenvalue weighted by Crippen LogP contribution is -2.46. The molecule has 0 spiro atoms. The van der Waals surface area contributed by atoms with Crippen LogP contribution in [0.1, 0.15) is 78.6 Å². The summed E-state index contributed by atoms with van der Waals surface area (Å²) in [7, 11) is 0. The minimum atomic E-state index is 0.268. The fourth-order valence-electron chi connectivity index (χ4n) is 8.57. The van der Waals surface area contributed by atoms with Crippen LogP contribution in [0.5, 0.6) is 0 Å². The first kappa shape index (κ1) is 18.9. The quantitative estimate of drug-likeness (QED) is 0.598. The van der Waals surface area contributed by atoms with Crippen LogP contribution >= 0.6 is 0 Å². The van der Waals surface area contributed by atoms with Gasteiger partial charge >= 0.3 is 0 Å². The number of likely N-dealkylation sites (tertiary alicyclic amines) is 1. The van der Waals surface area contributed by atoms with E-state index in [0.717, 1.165) is 23.7 Å². The fourth-order valence-corrected chi connectivity index (χ4v) is 8.57. The Kier molecular flexibility index (Phi) is 4.75. The zero-order chi connectivity index (χ0) is 19.5. The van der Waals surface area contributed by atoms with E-state index in [9.17, 15) is 4.79 Å². The van der Waals surface area contributed by atoms with E-state index in [-0.39, 0.29) is 5.41 Å². The number of rotatable bonds is 3. The summed E-state index contributed by atoms with van der Waals surface area (Å²) in [6, 6.07) is 0. The van der Waals surface area contributed by atoms with Crippen LogP contribution in [-0.2, 0) is 4.79 Å².